The molecule has 0 radical (unpaired) electrons. The molecule has 1 aromatic rings. The second kappa shape index (κ2) is 11.0. The molecule has 1 N–H and O–H groups in total. The van der Waals surface area contributed by atoms with Gasteiger partial charge in [0, 0.05) is 39.0 Å². The van der Waals surface area contributed by atoms with Crippen molar-refractivity contribution < 1.29 is 18.8 Å². The Hall–Kier alpha value is -2.16. The van der Waals surface area contributed by atoms with Gasteiger partial charge in [-0.2, -0.15) is 4.98 Å². The molecule has 1 unspecified atom stereocenters. The first-order valence-electron chi connectivity index (χ1n) is 10.1. The summed E-state index contributed by atoms with van der Waals surface area (Å²) in [5.41, 5.74) is 0. The van der Waals surface area contributed by atoms with E-state index in [0.29, 0.717) is 50.2 Å². The summed E-state index contributed by atoms with van der Waals surface area (Å²) in [5, 5.41) is 6.86. The molecule has 158 valence electrons. The normalized spacial score (nSPS) is 17.6. The van der Waals surface area contributed by atoms with Crippen LogP contribution in [0.2, 0.25) is 0 Å². The minimum atomic E-state index is -0.221. The lowest BCUT2D eigenvalue weighted by Gasteiger charge is -2.26. The van der Waals surface area contributed by atoms with E-state index in [2.05, 4.69) is 27.4 Å². The van der Waals surface area contributed by atoms with Gasteiger partial charge in [-0.15, -0.1) is 0 Å². The van der Waals surface area contributed by atoms with Crippen molar-refractivity contribution in [2.24, 2.45) is 0 Å². The van der Waals surface area contributed by atoms with Gasteiger partial charge in [0.2, 0.25) is 5.89 Å². The van der Waals surface area contributed by atoms with Gasteiger partial charge in [0.15, 0.2) is 5.82 Å². The van der Waals surface area contributed by atoms with Gasteiger partial charge < -0.3 is 19.5 Å². The van der Waals surface area contributed by atoms with Crippen LogP contribution in [0.3, 0.4) is 0 Å². The van der Waals surface area contributed by atoms with Crippen molar-refractivity contribution in [3.05, 3.63) is 11.7 Å². The van der Waals surface area contributed by atoms with Crippen LogP contribution in [0, 0.1) is 6.92 Å². The van der Waals surface area contributed by atoms with E-state index in [0.717, 1.165) is 25.8 Å². The maximum Gasteiger partial charge on any atom is 0.317 e. The molecule has 1 aliphatic rings. The summed E-state index contributed by atoms with van der Waals surface area (Å²) in [6.45, 7) is 8.00. The summed E-state index contributed by atoms with van der Waals surface area (Å²) in [6, 6.07) is 0.316. The molecular formula is C19H33N5O4. The van der Waals surface area contributed by atoms with Gasteiger partial charge in [-0.3, -0.25) is 9.69 Å². The highest BCUT2D eigenvalue weighted by Gasteiger charge is 2.23. The number of hydrogen-bond donors (Lipinski definition) is 1. The van der Waals surface area contributed by atoms with E-state index in [-0.39, 0.29) is 18.1 Å². The molecule has 2 heterocycles. The molecule has 1 fully saturated rings. The summed E-state index contributed by atoms with van der Waals surface area (Å²) in [6.07, 6.45) is 3.68. The number of hydrogen-bond acceptors (Lipinski definition) is 7. The zero-order chi connectivity index (χ0) is 20.5. The molecule has 9 heteroatoms. The molecule has 0 bridgehead atoms. The lowest BCUT2D eigenvalue weighted by molar-refractivity contribution is -0.147. The number of urea groups is 1. The molecule has 0 aliphatic carbocycles. The van der Waals surface area contributed by atoms with Crippen LogP contribution in [0.15, 0.2) is 4.52 Å². The number of aromatic nitrogens is 2. The predicted molar refractivity (Wildman–Crippen MR) is 104 cm³/mol. The van der Waals surface area contributed by atoms with Crippen LogP contribution in [0.5, 0.6) is 0 Å². The molecule has 2 amide bonds. The van der Waals surface area contributed by atoms with E-state index in [9.17, 15) is 9.59 Å². The zero-order valence-corrected chi connectivity index (χ0v) is 17.4. The topological polar surface area (TPSA) is 101 Å². The lowest BCUT2D eigenvalue weighted by atomic mass is 10.1. The molecule has 0 spiro atoms. The molecule has 0 saturated carbocycles. The molecule has 1 aromatic heterocycles. The highest BCUT2D eigenvalue weighted by atomic mass is 16.5. The van der Waals surface area contributed by atoms with Crippen molar-refractivity contribution in [3.8, 4) is 0 Å². The van der Waals surface area contributed by atoms with Crippen molar-refractivity contribution in [3.63, 3.8) is 0 Å². The number of esters is 1. The molecule has 1 saturated heterocycles. The van der Waals surface area contributed by atoms with Crippen molar-refractivity contribution in [2.75, 3.05) is 26.7 Å². The number of carbonyl (C=O) groups excluding carboxylic acids is 2. The number of rotatable bonds is 8. The fraction of sp³-hybridized carbons (Fsp3) is 0.789. The number of ether oxygens (including phenoxy) is 1. The van der Waals surface area contributed by atoms with E-state index < -0.39 is 0 Å². The summed E-state index contributed by atoms with van der Waals surface area (Å²) in [4.78, 5) is 32.3. The second-order valence-electron chi connectivity index (χ2n) is 7.59. The Morgan fingerprint density at radius 1 is 1.36 bits per heavy atom. The Kier molecular flexibility index (Phi) is 8.69. The van der Waals surface area contributed by atoms with Gasteiger partial charge in [0.1, 0.15) is 0 Å². The van der Waals surface area contributed by atoms with Crippen LogP contribution >= 0.6 is 0 Å². The Balaban J connectivity index is 1.69. The Labute approximate surface area is 166 Å². The highest BCUT2D eigenvalue weighted by molar-refractivity contribution is 5.74. The van der Waals surface area contributed by atoms with Crippen LogP contribution < -0.4 is 5.32 Å². The zero-order valence-electron chi connectivity index (χ0n) is 17.4. The Morgan fingerprint density at radius 2 is 2.14 bits per heavy atom. The van der Waals surface area contributed by atoms with Crippen LogP contribution in [0.4, 0.5) is 4.79 Å². The fourth-order valence-corrected chi connectivity index (χ4v) is 3.34. The fourth-order valence-electron chi connectivity index (χ4n) is 3.34. The minimum Gasteiger partial charge on any atom is -0.463 e. The van der Waals surface area contributed by atoms with E-state index in [1.165, 1.54) is 0 Å². The van der Waals surface area contributed by atoms with Gasteiger partial charge in [-0.25, -0.2) is 4.79 Å². The van der Waals surface area contributed by atoms with Crippen molar-refractivity contribution in [2.45, 2.75) is 71.6 Å². The standard InChI is InChI=1S/C19H33N5O4/c1-14(2)27-18(25)8-5-10-20-19(26)24-11-6-7-16(9-12-24)23(4)13-17-21-15(3)28-22-17/h14,16H,5-13H2,1-4H3,(H,20,26). The van der Waals surface area contributed by atoms with E-state index in [4.69, 9.17) is 9.26 Å². The lowest BCUT2D eigenvalue weighted by Crippen LogP contribution is -2.41. The SMILES string of the molecule is Cc1nc(CN(C)C2CCCN(C(=O)NCCCC(=O)OC(C)C)CC2)no1. The van der Waals surface area contributed by atoms with Gasteiger partial charge in [-0.1, -0.05) is 5.16 Å². The molecule has 0 aromatic carbocycles. The first-order chi connectivity index (χ1) is 13.3. The first-order valence-corrected chi connectivity index (χ1v) is 10.1. The van der Waals surface area contributed by atoms with Crippen LogP contribution in [0.25, 0.3) is 0 Å². The summed E-state index contributed by atoms with van der Waals surface area (Å²) in [5.74, 6) is 1.04. The van der Waals surface area contributed by atoms with Gasteiger partial charge in [-0.05, 0) is 46.6 Å². The Morgan fingerprint density at radius 3 is 2.82 bits per heavy atom. The van der Waals surface area contributed by atoms with Crippen molar-refractivity contribution in [1.82, 2.24) is 25.3 Å². The van der Waals surface area contributed by atoms with E-state index >= 15 is 0 Å². The summed E-state index contributed by atoms with van der Waals surface area (Å²) < 4.78 is 10.1. The second-order valence-corrected chi connectivity index (χ2v) is 7.59. The number of nitrogens with zero attached hydrogens (tertiary/aromatic N) is 4. The van der Waals surface area contributed by atoms with Crippen LogP contribution in [-0.4, -0.2) is 70.8 Å². The highest BCUT2D eigenvalue weighted by Crippen LogP contribution is 2.17. The molecule has 1 atom stereocenters. The molecular weight excluding hydrogens is 362 g/mol. The third-order valence-corrected chi connectivity index (χ3v) is 4.77. The number of aryl methyl sites for hydroxylation is 1. The molecule has 9 nitrogen and oxygen atoms in total. The maximum atomic E-state index is 12.4. The summed E-state index contributed by atoms with van der Waals surface area (Å²) >= 11 is 0. The largest absolute Gasteiger partial charge is 0.463 e. The van der Waals surface area contributed by atoms with Crippen molar-refractivity contribution in [1.29, 1.82) is 0 Å². The average Bonchev–Trinajstić information content (AvgIpc) is 2.89. The number of nitrogens with one attached hydrogen (secondary N) is 1. The quantitative estimate of drug-likeness (QED) is 0.531. The van der Waals surface area contributed by atoms with Crippen molar-refractivity contribution >= 4 is 12.0 Å². The van der Waals surface area contributed by atoms with E-state index in [1.54, 1.807) is 6.92 Å². The molecule has 2 rings (SSSR count). The number of likely N-dealkylation sites (tertiary alicyclic amines) is 1. The third kappa shape index (κ3) is 7.46. The number of amides is 2. The minimum absolute atomic E-state index is 0.0608. The van der Waals surface area contributed by atoms with Gasteiger partial charge >= 0.3 is 12.0 Å². The smallest absolute Gasteiger partial charge is 0.317 e. The van der Waals surface area contributed by atoms with E-state index in [1.807, 2.05) is 18.7 Å². The summed E-state index contributed by atoms with van der Waals surface area (Å²) in [7, 11) is 2.06. The van der Waals surface area contributed by atoms with Crippen LogP contribution in [-0.2, 0) is 16.1 Å². The Bertz CT molecular complexity index is 634. The first kappa shape index (κ1) is 22.1. The monoisotopic (exact) mass is 395 g/mol. The molecule has 1 aliphatic heterocycles. The van der Waals surface area contributed by atoms with Crippen LogP contribution in [0.1, 0.15) is 57.7 Å². The third-order valence-electron chi connectivity index (χ3n) is 4.77. The maximum absolute atomic E-state index is 12.4. The van der Waals surface area contributed by atoms with Gasteiger partial charge in [0.05, 0.1) is 12.6 Å². The average molecular weight is 396 g/mol. The predicted octanol–water partition coefficient (Wildman–Crippen LogP) is 2.11. The number of carbonyl (C=O) groups is 2. The molecule has 28 heavy (non-hydrogen) atoms. The van der Waals surface area contributed by atoms with Gasteiger partial charge in [0.25, 0.3) is 0 Å².